The summed E-state index contributed by atoms with van der Waals surface area (Å²) in [5.41, 5.74) is 0. The van der Waals surface area contributed by atoms with Gasteiger partial charge in [0, 0.05) is 0 Å². The molecule has 1 rings (SSSR count). The predicted molar refractivity (Wildman–Crippen MR) is 43.4 cm³/mol. The minimum absolute atomic E-state index is 0.845. The van der Waals surface area contributed by atoms with Crippen LogP contribution in [0, 0.1) is 0 Å². The van der Waals surface area contributed by atoms with Crippen molar-refractivity contribution in [3.8, 4) is 0 Å². The van der Waals surface area contributed by atoms with E-state index in [1.54, 1.807) is 0 Å². The van der Waals surface area contributed by atoms with Gasteiger partial charge in [-0.2, -0.15) is 0 Å². The molecule has 0 radical (unpaired) electrons. The number of hydrogen-bond acceptors (Lipinski definition) is 2. The number of nitrogens with one attached hydrogen (secondary N) is 1. The van der Waals surface area contributed by atoms with Gasteiger partial charge in [0.05, 0.1) is 0 Å². The van der Waals surface area contributed by atoms with Crippen molar-refractivity contribution in [2.24, 2.45) is 0 Å². The summed E-state index contributed by atoms with van der Waals surface area (Å²) >= 11 is -0.845. The Kier molecular flexibility index (Phi) is 3.07. The van der Waals surface area contributed by atoms with E-state index in [1.165, 1.54) is 15.4 Å². The van der Waals surface area contributed by atoms with Crippen molar-refractivity contribution in [3.63, 3.8) is 0 Å². The van der Waals surface area contributed by atoms with Crippen molar-refractivity contribution < 1.29 is 3.07 Å². The zero-order valence-electron chi connectivity index (χ0n) is 5.11. The van der Waals surface area contributed by atoms with Gasteiger partial charge in [-0.25, -0.2) is 0 Å². The summed E-state index contributed by atoms with van der Waals surface area (Å²) in [7, 11) is 2.00. The van der Waals surface area contributed by atoms with Crippen molar-refractivity contribution in [2.45, 2.75) is 6.42 Å². The molecule has 1 heterocycles. The normalized spacial score (nSPS) is 24.4. The summed E-state index contributed by atoms with van der Waals surface area (Å²) in [5, 5.41) is 3.15. The van der Waals surface area contributed by atoms with Gasteiger partial charge in [0.15, 0.2) is 0 Å². The summed E-state index contributed by atoms with van der Waals surface area (Å²) in [5.74, 6) is 0. The van der Waals surface area contributed by atoms with Gasteiger partial charge in [-0.15, -0.1) is 0 Å². The van der Waals surface area contributed by atoms with Gasteiger partial charge in [-0.3, -0.25) is 0 Å². The first-order valence-electron chi connectivity index (χ1n) is 2.83. The van der Waals surface area contributed by atoms with Crippen LogP contribution in [-0.2, 0) is 3.07 Å². The molecule has 0 saturated carbocycles. The van der Waals surface area contributed by atoms with Crippen LogP contribution in [0.2, 0.25) is 0 Å². The third-order valence-corrected chi connectivity index (χ3v) is 5.90. The first kappa shape index (κ1) is 6.77. The molecule has 0 unspecified atom stereocenters. The third kappa shape index (κ3) is 1.87. The van der Waals surface area contributed by atoms with Crippen LogP contribution in [0.5, 0.6) is 0 Å². The van der Waals surface area contributed by atoms with Crippen LogP contribution in [-0.4, -0.2) is 22.6 Å². The summed E-state index contributed by atoms with van der Waals surface area (Å²) in [6.07, 6.45) is 1.31. The quantitative estimate of drug-likeness (QED) is 0.433. The fourth-order valence-corrected chi connectivity index (χ4v) is 4.54. The molecule has 0 aliphatic carbocycles. The van der Waals surface area contributed by atoms with Crippen LogP contribution >= 0.6 is 20.2 Å². The van der Waals surface area contributed by atoms with Crippen molar-refractivity contribution in [3.05, 3.63) is 0 Å². The van der Waals surface area contributed by atoms with Crippen molar-refractivity contribution >= 4 is 20.2 Å². The van der Waals surface area contributed by atoms with E-state index >= 15 is 0 Å². The standard InChI is InChI=1S/C5H12INO/c1-7-5-6-3-2-4-8-6/h7H,2-5H2,1H3. The average molecular weight is 229 g/mol. The van der Waals surface area contributed by atoms with E-state index in [4.69, 9.17) is 3.07 Å². The molecule has 0 aromatic carbocycles. The van der Waals surface area contributed by atoms with Crippen molar-refractivity contribution in [1.29, 1.82) is 0 Å². The molecule has 0 aromatic rings. The van der Waals surface area contributed by atoms with Gasteiger partial charge < -0.3 is 0 Å². The monoisotopic (exact) mass is 229 g/mol. The summed E-state index contributed by atoms with van der Waals surface area (Å²) in [6, 6.07) is 0. The Morgan fingerprint density at radius 1 is 1.75 bits per heavy atom. The molecular formula is C5H12INO. The number of hydrogen-bond donors (Lipinski definition) is 1. The van der Waals surface area contributed by atoms with E-state index in [2.05, 4.69) is 5.32 Å². The molecule has 1 fully saturated rings. The van der Waals surface area contributed by atoms with Crippen molar-refractivity contribution in [1.82, 2.24) is 5.32 Å². The zero-order chi connectivity index (χ0) is 5.82. The van der Waals surface area contributed by atoms with E-state index < -0.39 is 20.2 Å². The fourth-order valence-electron chi connectivity index (χ4n) is 0.676. The zero-order valence-corrected chi connectivity index (χ0v) is 7.27. The summed E-state index contributed by atoms with van der Waals surface area (Å²) in [6.45, 7) is 1.03. The molecule has 2 nitrogen and oxygen atoms in total. The van der Waals surface area contributed by atoms with Crippen molar-refractivity contribution in [2.75, 3.05) is 22.6 Å². The topological polar surface area (TPSA) is 21.3 Å². The predicted octanol–water partition coefficient (Wildman–Crippen LogP) is 1.00. The van der Waals surface area contributed by atoms with Gasteiger partial charge in [-0.05, 0) is 0 Å². The molecule has 1 aliphatic rings. The van der Waals surface area contributed by atoms with Crippen LogP contribution < -0.4 is 5.32 Å². The Hall–Kier alpha value is 0.650. The second kappa shape index (κ2) is 3.63. The van der Waals surface area contributed by atoms with E-state index in [0.29, 0.717) is 0 Å². The maximum atomic E-state index is 5.49. The molecule has 8 heavy (non-hydrogen) atoms. The minimum atomic E-state index is -0.845. The number of halogens is 1. The van der Waals surface area contributed by atoms with E-state index in [0.717, 1.165) is 6.61 Å². The Balaban J connectivity index is 2.06. The van der Waals surface area contributed by atoms with Crippen LogP contribution in [0.3, 0.4) is 0 Å². The SMILES string of the molecule is CNCI1CCCO1. The molecule has 50 valence electrons. The molecule has 3 heteroatoms. The molecule has 0 aromatic heterocycles. The molecule has 1 saturated heterocycles. The molecule has 0 spiro atoms. The molecular weight excluding hydrogens is 217 g/mol. The van der Waals surface area contributed by atoms with Gasteiger partial charge in [-0.1, -0.05) is 0 Å². The molecule has 1 aliphatic heterocycles. The third-order valence-electron chi connectivity index (χ3n) is 1.00. The van der Waals surface area contributed by atoms with Crippen LogP contribution in [0.25, 0.3) is 0 Å². The van der Waals surface area contributed by atoms with Crippen LogP contribution in [0.15, 0.2) is 0 Å². The maximum absolute atomic E-state index is 5.49. The first-order chi connectivity index (χ1) is 3.93. The van der Waals surface area contributed by atoms with Gasteiger partial charge >= 0.3 is 57.7 Å². The van der Waals surface area contributed by atoms with Gasteiger partial charge in [0.2, 0.25) is 0 Å². The van der Waals surface area contributed by atoms with Crippen LogP contribution in [0.4, 0.5) is 0 Å². The van der Waals surface area contributed by atoms with E-state index in [1.807, 2.05) is 7.05 Å². The molecule has 0 amide bonds. The summed E-state index contributed by atoms with van der Waals surface area (Å²) in [4.78, 5) is 0. The second-order valence-corrected chi connectivity index (χ2v) is 6.54. The Labute approximate surface area is 57.9 Å². The number of rotatable bonds is 2. The second-order valence-electron chi connectivity index (χ2n) is 1.75. The van der Waals surface area contributed by atoms with Gasteiger partial charge in [0.25, 0.3) is 0 Å². The van der Waals surface area contributed by atoms with E-state index in [-0.39, 0.29) is 0 Å². The first-order valence-corrected chi connectivity index (χ1v) is 6.76. The average Bonchev–Trinajstić information content (AvgIpc) is 2.19. The van der Waals surface area contributed by atoms with Crippen LogP contribution in [0.1, 0.15) is 6.42 Å². The Bertz CT molecular complexity index is 63.4. The molecule has 0 bridgehead atoms. The Morgan fingerprint density at radius 3 is 3.12 bits per heavy atom. The van der Waals surface area contributed by atoms with Gasteiger partial charge in [0.1, 0.15) is 0 Å². The number of alkyl halides is 2. The molecule has 0 atom stereocenters. The fraction of sp³-hybridized carbons (Fsp3) is 1.00. The molecule has 1 N–H and O–H groups in total. The Morgan fingerprint density at radius 2 is 2.62 bits per heavy atom. The summed E-state index contributed by atoms with van der Waals surface area (Å²) < 4.78 is 8.05. The van der Waals surface area contributed by atoms with E-state index in [9.17, 15) is 0 Å².